The van der Waals surface area contributed by atoms with Crippen LogP contribution in [0.25, 0.3) is 0 Å². The lowest BCUT2D eigenvalue weighted by Gasteiger charge is -2.32. The van der Waals surface area contributed by atoms with Crippen molar-refractivity contribution in [3.05, 3.63) is 46.3 Å². The SMILES string of the molecule is Cc1noc(C)c1CC(=O)N1CCC(Oc2ccccc2Cl)CC1. The molecule has 0 saturated carbocycles. The number of likely N-dealkylation sites (tertiary alicyclic amines) is 1. The van der Waals surface area contributed by atoms with E-state index in [1.165, 1.54) is 0 Å². The molecule has 1 aliphatic rings. The molecule has 0 bridgehead atoms. The second kappa shape index (κ2) is 7.26. The highest BCUT2D eigenvalue weighted by Gasteiger charge is 2.25. The van der Waals surface area contributed by atoms with Crippen LogP contribution in [-0.4, -0.2) is 35.2 Å². The Kier molecular flexibility index (Phi) is 5.09. The van der Waals surface area contributed by atoms with Crippen LogP contribution in [0.15, 0.2) is 28.8 Å². The minimum Gasteiger partial charge on any atom is -0.489 e. The second-order valence-electron chi connectivity index (χ2n) is 6.11. The molecule has 128 valence electrons. The van der Waals surface area contributed by atoms with Gasteiger partial charge in [0, 0.05) is 31.5 Å². The molecule has 1 aromatic heterocycles. The summed E-state index contributed by atoms with van der Waals surface area (Å²) in [7, 11) is 0. The topological polar surface area (TPSA) is 55.6 Å². The van der Waals surface area contributed by atoms with Gasteiger partial charge < -0.3 is 14.2 Å². The van der Waals surface area contributed by atoms with Gasteiger partial charge in [-0.2, -0.15) is 0 Å². The first-order valence-corrected chi connectivity index (χ1v) is 8.53. The van der Waals surface area contributed by atoms with Crippen LogP contribution in [0.2, 0.25) is 5.02 Å². The van der Waals surface area contributed by atoms with Gasteiger partial charge in [0.25, 0.3) is 0 Å². The van der Waals surface area contributed by atoms with E-state index in [2.05, 4.69) is 5.16 Å². The van der Waals surface area contributed by atoms with Gasteiger partial charge in [-0.1, -0.05) is 28.9 Å². The van der Waals surface area contributed by atoms with E-state index < -0.39 is 0 Å². The highest BCUT2D eigenvalue weighted by atomic mass is 35.5. The molecule has 1 aromatic carbocycles. The molecule has 1 aliphatic heterocycles. The van der Waals surface area contributed by atoms with Crippen molar-refractivity contribution in [3.8, 4) is 5.75 Å². The maximum atomic E-state index is 12.5. The summed E-state index contributed by atoms with van der Waals surface area (Å²) in [5, 5.41) is 4.52. The highest BCUT2D eigenvalue weighted by Crippen LogP contribution is 2.27. The number of halogens is 1. The average molecular weight is 349 g/mol. The Morgan fingerprint density at radius 1 is 1.33 bits per heavy atom. The van der Waals surface area contributed by atoms with Gasteiger partial charge in [-0.05, 0) is 26.0 Å². The molecule has 6 heteroatoms. The van der Waals surface area contributed by atoms with Crippen molar-refractivity contribution >= 4 is 17.5 Å². The van der Waals surface area contributed by atoms with Crippen LogP contribution in [0, 0.1) is 13.8 Å². The fourth-order valence-electron chi connectivity index (χ4n) is 2.96. The van der Waals surface area contributed by atoms with Crippen LogP contribution in [-0.2, 0) is 11.2 Å². The van der Waals surface area contributed by atoms with Crippen LogP contribution in [0.5, 0.6) is 5.75 Å². The van der Waals surface area contributed by atoms with Crippen LogP contribution in [0.4, 0.5) is 0 Å². The molecule has 1 saturated heterocycles. The van der Waals surface area contributed by atoms with Gasteiger partial charge in [0.2, 0.25) is 5.91 Å². The lowest BCUT2D eigenvalue weighted by atomic mass is 10.1. The maximum Gasteiger partial charge on any atom is 0.227 e. The number of carbonyl (C=O) groups is 1. The molecular formula is C18H21ClN2O3. The summed E-state index contributed by atoms with van der Waals surface area (Å²) in [4.78, 5) is 14.4. The molecule has 3 rings (SSSR count). The van der Waals surface area contributed by atoms with Crippen molar-refractivity contribution in [2.24, 2.45) is 0 Å². The van der Waals surface area contributed by atoms with Crippen LogP contribution in [0.1, 0.15) is 29.9 Å². The summed E-state index contributed by atoms with van der Waals surface area (Å²) in [6, 6.07) is 7.48. The van der Waals surface area contributed by atoms with Crippen LogP contribution >= 0.6 is 11.6 Å². The number of para-hydroxylation sites is 1. The zero-order valence-electron chi connectivity index (χ0n) is 13.9. The molecule has 0 N–H and O–H groups in total. The molecule has 0 radical (unpaired) electrons. The van der Waals surface area contributed by atoms with Gasteiger partial charge in [0.1, 0.15) is 17.6 Å². The van der Waals surface area contributed by atoms with Gasteiger partial charge in [-0.3, -0.25) is 4.79 Å². The van der Waals surface area contributed by atoms with Crippen molar-refractivity contribution < 1.29 is 14.1 Å². The van der Waals surface area contributed by atoms with Crippen molar-refractivity contribution in [1.82, 2.24) is 10.1 Å². The number of nitrogens with zero attached hydrogens (tertiary/aromatic N) is 2. The number of hydrogen-bond donors (Lipinski definition) is 0. The van der Waals surface area contributed by atoms with Crippen LogP contribution < -0.4 is 4.74 Å². The fourth-order valence-corrected chi connectivity index (χ4v) is 3.14. The zero-order valence-corrected chi connectivity index (χ0v) is 14.7. The summed E-state index contributed by atoms with van der Waals surface area (Å²) in [6.07, 6.45) is 2.04. The van der Waals surface area contributed by atoms with E-state index in [1.807, 2.05) is 43.0 Å². The predicted molar refractivity (Wildman–Crippen MR) is 91.4 cm³/mol. The third-order valence-corrected chi connectivity index (χ3v) is 4.75. The first-order valence-electron chi connectivity index (χ1n) is 8.15. The lowest BCUT2D eigenvalue weighted by Crippen LogP contribution is -2.42. The molecule has 1 fully saturated rings. The molecule has 2 aromatic rings. The zero-order chi connectivity index (χ0) is 17.1. The highest BCUT2D eigenvalue weighted by molar-refractivity contribution is 6.32. The average Bonchev–Trinajstić information content (AvgIpc) is 2.89. The summed E-state index contributed by atoms with van der Waals surface area (Å²) in [5.41, 5.74) is 1.69. The van der Waals surface area contributed by atoms with Gasteiger partial charge in [-0.15, -0.1) is 0 Å². The van der Waals surface area contributed by atoms with Crippen molar-refractivity contribution in [1.29, 1.82) is 0 Å². The van der Waals surface area contributed by atoms with E-state index in [4.69, 9.17) is 20.9 Å². The second-order valence-corrected chi connectivity index (χ2v) is 6.52. The largest absolute Gasteiger partial charge is 0.489 e. The first-order chi connectivity index (χ1) is 11.5. The number of hydrogen-bond acceptors (Lipinski definition) is 4. The van der Waals surface area contributed by atoms with Gasteiger partial charge in [0.15, 0.2) is 0 Å². The molecule has 24 heavy (non-hydrogen) atoms. The number of aromatic nitrogens is 1. The van der Waals surface area contributed by atoms with Gasteiger partial charge >= 0.3 is 0 Å². The normalized spacial score (nSPS) is 15.5. The third kappa shape index (κ3) is 3.73. The molecule has 0 atom stereocenters. The summed E-state index contributed by atoms with van der Waals surface area (Å²) in [5.74, 6) is 1.54. The molecule has 0 spiro atoms. The van der Waals surface area contributed by atoms with Crippen molar-refractivity contribution in [2.45, 2.75) is 39.2 Å². The molecule has 2 heterocycles. The Morgan fingerprint density at radius 3 is 2.67 bits per heavy atom. The number of carbonyl (C=O) groups excluding carboxylic acids is 1. The summed E-state index contributed by atoms with van der Waals surface area (Å²) >= 11 is 6.13. The van der Waals surface area contributed by atoms with E-state index in [1.54, 1.807) is 0 Å². The summed E-state index contributed by atoms with van der Waals surface area (Å²) < 4.78 is 11.1. The molecule has 1 amide bonds. The number of rotatable bonds is 4. The molecule has 0 unspecified atom stereocenters. The molecule has 5 nitrogen and oxygen atoms in total. The Hall–Kier alpha value is -2.01. The van der Waals surface area contributed by atoms with E-state index in [0.717, 1.165) is 29.9 Å². The monoisotopic (exact) mass is 348 g/mol. The number of amides is 1. The molecule has 0 aliphatic carbocycles. The Bertz CT molecular complexity index is 701. The van der Waals surface area contributed by atoms with E-state index in [0.29, 0.717) is 30.3 Å². The van der Waals surface area contributed by atoms with E-state index >= 15 is 0 Å². The fraction of sp³-hybridized carbons (Fsp3) is 0.444. The third-order valence-electron chi connectivity index (χ3n) is 4.43. The Morgan fingerprint density at radius 2 is 2.04 bits per heavy atom. The van der Waals surface area contributed by atoms with Crippen molar-refractivity contribution in [3.63, 3.8) is 0 Å². The predicted octanol–water partition coefficient (Wildman–Crippen LogP) is 3.56. The van der Waals surface area contributed by atoms with E-state index in [-0.39, 0.29) is 12.0 Å². The van der Waals surface area contributed by atoms with E-state index in [9.17, 15) is 4.79 Å². The van der Waals surface area contributed by atoms with Gasteiger partial charge in [0.05, 0.1) is 17.1 Å². The lowest BCUT2D eigenvalue weighted by molar-refractivity contribution is -0.132. The quantitative estimate of drug-likeness (QED) is 0.847. The standard InChI is InChI=1S/C18H21ClN2O3/c1-12-15(13(2)24-20-12)11-18(22)21-9-7-14(8-10-21)23-17-6-4-3-5-16(17)19/h3-6,14H,7-11H2,1-2H3. The molecular weight excluding hydrogens is 328 g/mol. The Labute approximate surface area is 146 Å². The van der Waals surface area contributed by atoms with Crippen molar-refractivity contribution in [2.75, 3.05) is 13.1 Å². The Balaban J connectivity index is 1.53. The number of aryl methyl sites for hydroxylation is 2. The number of piperidine rings is 1. The maximum absolute atomic E-state index is 12.5. The number of ether oxygens (including phenoxy) is 1. The number of benzene rings is 1. The van der Waals surface area contributed by atoms with Gasteiger partial charge in [-0.25, -0.2) is 0 Å². The summed E-state index contributed by atoms with van der Waals surface area (Å²) in [6.45, 7) is 5.09. The minimum atomic E-state index is 0.0908. The first kappa shape index (κ1) is 16.8. The minimum absolute atomic E-state index is 0.0908. The smallest absolute Gasteiger partial charge is 0.227 e. The van der Waals surface area contributed by atoms with Crippen LogP contribution in [0.3, 0.4) is 0 Å².